The van der Waals surface area contributed by atoms with Gasteiger partial charge in [0.05, 0.1) is 12.1 Å². The molecule has 0 aliphatic rings. The molecule has 0 fully saturated rings. The molecule has 0 aliphatic heterocycles. The smallest absolute Gasteiger partial charge is 0.159 e. The molecule has 28 heavy (non-hydrogen) atoms. The zero-order valence-electron chi connectivity index (χ0n) is 17.7. The lowest BCUT2D eigenvalue weighted by Crippen LogP contribution is -2.38. The highest BCUT2D eigenvalue weighted by Crippen LogP contribution is 2.23. The molecule has 6 nitrogen and oxygen atoms in total. The number of aliphatic hydroxyl groups excluding tert-OH is 1. The molecule has 164 valence electrons. The van der Waals surface area contributed by atoms with E-state index in [1.807, 2.05) is 13.8 Å². The van der Waals surface area contributed by atoms with Crippen LogP contribution >= 0.6 is 0 Å². The van der Waals surface area contributed by atoms with Crippen molar-refractivity contribution in [3.63, 3.8) is 0 Å². The summed E-state index contributed by atoms with van der Waals surface area (Å²) >= 11 is 0. The fraction of sp³-hybridized carbons (Fsp3) is 0.579. The van der Waals surface area contributed by atoms with Gasteiger partial charge < -0.3 is 15.8 Å². The summed E-state index contributed by atoms with van der Waals surface area (Å²) in [5, 5.41) is 8.36. The molecular formula is C19H36F3N5O. The Labute approximate surface area is 167 Å². The maximum atomic E-state index is 13.8. The van der Waals surface area contributed by atoms with Crippen LogP contribution in [-0.2, 0) is 0 Å². The number of halogens is 3. The molecule has 0 amide bonds. The second-order valence-electron chi connectivity index (χ2n) is 5.12. The van der Waals surface area contributed by atoms with Crippen LogP contribution in [0, 0.1) is 11.8 Å². The number of allylic oxidation sites excluding steroid dienone is 5. The Balaban J connectivity index is -0.00000146. The first kappa shape index (κ1) is 30.6. The molecule has 2 atom stereocenters. The maximum Gasteiger partial charge on any atom is 0.159 e. The van der Waals surface area contributed by atoms with E-state index < -0.39 is 18.3 Å². The van der Waals surface area contributed by atoms with Crippen molar-refractivity contribution in [2.45, 2.75) is 27.2 Å². The number of nitrogens with two attached hydrogens (primary N) is 2. The molecule has 0 aliphatic carbocycles. The van der Waals surface area contributed by atoms with E-state index in [0.717, 1.165) is 19.4 Å². The van der Waals surface area contributed by atoms with Crippen LogP contribution in [0.2, 0.25) is 0 Å². The lowest BCUT2D eigenvalue weighted by molar-refractivity contribution is 0.317. The van der Waals surface area contributed by atoms with Crippen molar-refractivity contribution in [3.8, 4) is 0 Å². The second kappa shape index (κ2) is 21.2. The molecule has 2 unspecified atom stereocenters. The average molecular weight is 408 g/mol. The monoisotopic (exact) mass is 407 g/mol. The first-order valence-electron chi connectivity index (χ1n) is 8.92. The van der Waals surface area contributed by atoms with Gasteiger partial charge in [-0.15, -0.1) is 0 Å². The third kappa shape index (κ3) is 14.0. The lowest BCUT2D eigenvalue weighted by Gasteiger charge is -2.27. The third-order valence-electron chi connectivity index (χ3n) is 3.47. The van der Waals surface area contributed by atoms with Crippen LogP contribution in [0.1, 0.15) is 27.2 Å². The fourth-order valence-corrected chi connectivity index (χ4v) is 2.24. The van der Waals surface area contributed by atoms with E-state index in [1.54, 1.807) is 20.0 Å². The standard InChI is InChI=1S/C16H26F3N5.C2H6.CH4O/c1-12(16(23-3)15(19)9-20)13(10-24(21)11-22-2)5-4-6-14(18)7-8-17;2*1-2/h4,6-7,9,11-13H,5,8,10,20-21H2,1-3H3;1-2H3;2H,1H3/b6-4-,14-7+,15-9+,22-11?,23-16?;;. The minimum Gasteiger partial charge on any atom is -0.402 e. The van der Waals surface area contributed by atoms with Gasteiger partial charge in [-0.25, -0.2) is 19.0 Å². The van der Waals surface area contributed by atoms with E-state index in [-0.39, 0.29) is 17.5 Å². The Hall–Kier alpha value is -2.13. The first-order valence-corrected chi connectivity index (χ1v) is 8.92. The van der Waals surface area contributed by atoms with Gasteiger partial charge in [-0.3, -0.25) is 9.98 Å². The molecule has 0 aromatic rings. The molecule has 0 spiro atoms. The van der Waals surface area contributed by atoms with Crippen molar-refractivity contribution in [3.05, 3.63) is 36.1 Å². The summed E-state index contributed by atoms with van der Waals surface area (Å²) in [7, 11) is 4.05. The second-order valence-corrected chi connectivity index (χ2v) is 5.12. The van der Waals surface area contributed by atoms with Gasteiger partial charge in [0.15, 0.2) is 5.83 Å². The number of aliphatic hydroxyl groups is 1. The van der Waals surface area contributed by atoms with Gasteiger partial charge in [-0.1, -0.05) is 26.8 Å². The average Bonchev–Trinajstić information content (AvgIpc) is 2.70. The molecule has 9 heteroatoms. The van der Waals surface area contributed by atoms with Gasteiger partial charge in [-0.2, -0.15) is 0 Å². The lowest BCUT2D eigenvalue weighted by atomic mass is 9.86. The van der Waals surface area contributed by atoms with Crippen molar-refractivity contribution in [1.82, 2.24) is 5.01 Å². The summed E-state index contributed by atoms with van der Waals surface area (Å²) < 4.78 is 39.1. The molecule has 0 saturated heterocycles. The van der Waals surface area contributed by atoms with Crippen molar-refractivity contribution >= 4 is 12.1 Å². The predicted molar refractivity (Wildman–Crippen MR) is 113 cm³/mol. The van der Waals surface area contributed by atoms with Crippen LogP contribution in [0.5, 0.6) is 0 Å². The van der Waals surface area contributed by atoms with Crippen LogP contribution in [0.25, 0.3) is 0 Å². The number of hydrogen-bond donors (Lipinski definition) is 3. The molecule has 0 bridgehead atoms. The Morgan fingerprint density at radius 3 is 2.21 bits per heavy atom. The number of nitrogens with zero attached hydrogens (tertiary/aromatic N) is 3. The molecular weight excluding hydrogens is 371 g/mol. The van der Waals surface area contributed by atoms with E-state index >= 15 is 0 Å². The summed E-state index contributed by atoms with van der Waals surface area (Å²) in [6, 6.07) is 0. The summed E-state index contributed by atoms with van der Waals surface area (Å²) in [5.74, 6) is 4.01. The normalized spacial score (nSPS) is 14.9. The van der Waals surface area contributed by atoms with Gasteiger partial charge in [-0.05, 0) is 24.5 Å². The van der Waals surface area contributed by atoms with Gasteiger partial charge >= 0.3 is 0 Å². The Morgan fingerprint density at radius 2 is 1.79 bits per heavy atom. The topological polar surface area (TPSA) is 100 Å². The maximum absolute atomic E-state index is 13.8. The van der Waals surface area contributed by atoms with Gasteiger partial charge in [0.1, 0.15) is 12.5 Å². The fourth-order valence-electron chi connectivity index (χ4n) is 2.24. The van der Waals surface area contributed by atoms with E-state index in [4.69, 9.17) is 16.7 Å². The SMILES string of the molecule is CC.CN=CN(N)CC(C/C=C\C(F)=C/CF)C(C)C(=NC)/C(F)=C\N.CO. The summed E-state index contributed by atoms with van der Waals surface area (Å²) in [6.45, 7) is 5.25. The summed E-state index contributed by atoms with van der Waals surface area (Å²) in [6.07, 6.45) is 6.22. The van der Waals surface area contributed by atoms with Crippen molar-refractivity contribution < 1.29 is 18.3 Å². The number of rotatable bonds is 10. The summed E-state index contributed by atoms with van der Waals surface area (Å²) in [4.78, 5) is 7.76. The largest absolute Gasteiger partial charge is 0.402 e. The first-order chi connectivity index (χ1) is 13.4. The highest BCUT2D eigenvalue weighted by atomic mass is 19.1. The molecule has 0 heterocycles. The van der Waals surface area contributed by atoms with Crippen molar-refractivity contribution in [1.29, 1.82) is 0 Å². The molecule has 0 aromatic carbocycles. The van der Waals surface area contributed by atoms with Crippen LogP contribution in [0.15, 0.2) is 46.1 Å². The van der Waals surface area contributed by atoms with E-state index in [0.29, 0.717) is 13.0 Å². The zero-order chi connectivity index (χ0) is 22.5. The molecule has 0 aromatic heterocycles. The van der Waals surface area contributed by atoms with E-state index in [9.17, 15) is 13.2 Å². The van der Waals surface area contributed by atoms with E-state index in [1.165, 1.54) is 24.5 Å². The van der Waals surface area contributed by atoms with Crippen molar-refractivity contribution in [2.24, 2.45) is 33.4 Å². The Morgan fingerprint density at radius 1 is 1.21 bits per heavy atom. The van der Waals surface area contributed by atoms with Gasteiger partial charge in [0, 0.05) is 39.9 Å². The predicted octanol–water partition coefficient (Wildman–Crippen LogP) is 3.32. The van der Waals surface area contributed by atoms with E-state index in [2.05, 4.69) is 9.98 Å². The minimum atomic E-state index is -0.876. The van der Waals surface area contributed by atoms with Crippen LogP contribution in [0.4, 0.5) is 13.2 Å². The third-order valence-corrected chi connectivity index (χ3v) is 3.47. The van der Waals surface area contributed by atoms with Crippen LogP contribution in [0.3, 0.4) is 0 Å². The summed E-state index contributed by atoms with van der Waals surface area (Å²) in [5.41, 5.74) is 5.43. The zero-order valence-corrected chi connectivity index (χ0v) is 17.7. The highest BCUT2D eigenvalue weighted by molar-refractivity contribution is 5.99. The van der Waals surface area contributed by atoms with Crippen LogP contribution in [-0.4, -0.2) is 56.6 Å². The van der Waals surface area contributed by atoms with Crippen LogP contribution < -0.4 is 11.6 Å². The van der Waals surface area contributed by atoms with Gasteiger partial charge in [0.25, 0.3) is 0 Å². The Bertz CT molecular complexity index is 520. The molecule has 0 saturated carbocycles. The number of aliphatic imine (C=N–C) groups is 2. The number of alkyl halides is 1. The Kier molecular flexibility index (Phi) is 23.1. The molecule has 5 N–H and O–H groups in total. The highest BCUT2D eigenvalue weighted by Gasteiger charge is 2.24. The number of hydrazine groups is 1. The minimum absolute atomic E-state index is 0.188. The number of hydrogen-bond acceptors (Lipinski definition) is 5. The quantitative estimate of drug-likeness (QED) is 0.170. The molecule has 0 radical (unpaired) electrons. The van der Waals surface area contributed by atoms with Gasteiger partial charge in [0.2, 0.25) is 0 Å². The molecule has 0 rings (SSSR count). The van der Waals surface area contributed by atoms with Crippen molar-refractivity contribution in [2.75, 3.05) is 34.4 Å².